The lowest BCUT2D eigenvalue weighted by molar-refractivity contribution is -0.119. The van der Waals surface area contributed by atoms with Crippen LogP contribution in [0.1, 0.15) is 76.2 Å². The van der Waals surface area contributed by atoms with Crippen molar-refractivity contribution in [1.82, 2.24) is 4.90 Å². The average Bonchev–Trinajstić information content (AvgIpc) is 2.77. The van der Waals surface area contributed by atoms with Gasteiger partial charge in [-0.1, -0.05) is 34.6 Å². The van der Waals surface area contributed by atoms with Crippen LogP contribution in [0.15, 0.2) is 0 Å². The molecule has 0 aromatic heterocycles. The first-order valence-corrected chi connectivity index (χ1v) is 14.0. The summed E-state index contributed by atoms with van der Waals surface area (Å²) >= 11 is 0. The standard InChI is InChI=1S/C23H45NO5Si/c1-15(14-25)18(29-30(12,13)22(7,8)9)16(2)19-17(3)24(23(10,11)27-19)20(26)28-21(4,5)6/h14-19H,1-13H3/t15-,16-,17-,18-,19+/m1/s1. The average molecular weight is 444 g/mol. The van der Waals surface area contributed by atoms with Crippen LogP contribution >= 0.6 is 0 Å². The minimum absolute atomic E-state index is 0.0253. The van der Waals surface area contributed by atoms with Crippen molar-refractivity contribution in [2.45, 2.75) is 124 Å². The summed E-state index contributed by atoms with van der Waals surface area (Å²) in [7, 11) is -2.11. The molecule has 0 aromatic rings. The van der Waals surface area contributed by atoms with Gasteiger partial charge in [0.25, 0.3) is 0 Å². The molecule has 1 fully saturated rings. The third-order valence-electron chi connectivity index (χ3n) is 6.48. The molecular weight excluding hydrogens is 398 g/mol. The molecule has 1 amide bonds. The number of hydrogen-bond donors (Lipinski definition) is 0. The second kappa shape index (κ2) is 8.91. The lowest BCUT2D eigenvalue weighted by Gasteiger charge is -2.43. The highest BCUT2D eigenvalue weighted by Gasteiger charge is 2.53. The van der Waals surface area contributed by atoms with Crippen molar-refractivity contribution < 1.29 is 23.5 Å². The van der Waals surface area contributed by atoms with E-state index in [9.17, 15) is 9.59 Å². The van der Waals surface area contributed by atoms with Crippen LogP contribution < -0.4 is 0 Å². The Morgan fingerprint density at radius 3 is 2.03 bits per heavy atom. The Bertz CT molecular complexity index is 620. The number of rotatable bonds is 6. The third kappa shape index (κ3) is 6.07. The van der Waals surface area contributed by atoms with E-state index in [1.807, 2.05) is 48.5 Å². The molecule has 1 aliphatic rings. The number of carbonyl (C=O) groups excluding carboxylic acids is 2. The van der Waals surface area contributed by atoms with E-state index in [1.165, 1.54) is 0 Å². The number of hydrogen-bond acceptors (Lipinski definition) is 5. The fourth-order valence-electron chi connectivity index (χ4n) is 3.84. The van der Waals surface area contributed by atoms with E-state index in [0.717, 1.165) is 6.29 Å². The summed E-state index contributed by atoms with van der Waals surface area (Å²) < 4.78 is 18.7. The van der Waals surface area contributed by atoms with Crippen LogP contribution in [-0.2, 0) is 18.7 Å². The van der Waals surface area contributed by atoms with Crippen molar-refractivity contribution in [2.75, 3.05) is 0 Å². The molecule has 0 spiro atoms. The van der Waals surface area contributed by atoms with Gasteiger partial charge in [-0.15, -0.1) is 0 Å². The molecule has 1 rings (SSSR count). The van der Waals surface area contributed by atoms with Gasteiger partial charge in [-0.05, 0) is 59.7 Å². The molecule has 0 bridgehead atoms. The highest BCUT2D eigenvalue weighted by Crippen LogP contribution is 2.42. The SMILES string of the molecule is C[C@H]([C@H](O[Si](C)(C)C(C)(C)C)[C@H](C)C=O)[C@@H]1OC(C)(C)N(C(=O)OC(C)(C)C)[C@@H]1C. The van der Waals surface area contributed by atoms with E-state index in [2.05, 4.69) is 40.8 Å². The molecule has 0 aromatic carbocycles. The lowest BCUT2D eigenvalue weighted by Crippen LogP contribution is -2.52. The van der Waals surface area contributed by atoms with E-state index < -0.39 is 19.6 Å². The van der Waals surface area contributed by atoms with Crippen molar-refractivity contribution >= 4 is 20.7 Å². The zero-order valence-corrected chi connectivity index (χ0v) is 22.5. The van der Waals surface area contributed by atoms with Crippen molar-refractivity contribution in [2.24, 2.45) is 11.8 Å². The van der Waals surface area contributed by atoms with Crippen LogP contribution in [0.4, 0.5) is 4.79 Å². The van der Waals surface area contributed by atoms with Gasteiger partial charge in [-0.25, -0.2) is 4.79 Å². The number of amides is 1. The van der Waals surface area contributed by atoms with Gasteiger partial charge >= 0.3 is 6.09 Å². The van der Waals surface area contributed by atoms with Gasteiger partial charge in [0.05, 0.1) is 18.2 Å². The second-order valence-corrected chi connectivity index (χ2v) is 16.6. The molecule has 5 atom stereocenters. The quantitative estimate of drug-likeness (QED) is 0.394. The minimum atomic E-state index is -2.11. The van der Waals surface area contributed by atoms with Gasteiger partial charge in [0.15, 0.2) is 8.32 Å². The maximum absolute atomic E-state index is 12.9. The lowest BCUT2D eigenvalue weighted by atomic mass is 9.87. The number of ether oxygens (including phenoxy) is 2. The molecular formula is C23H45NO5Si. The fourth-order valence-corrected chi connectivity index (χ4v) is 5.31. The van der Waals surface area contributed by atoms with E-state index >= 15 is 0 Å². The number of aldehydes is 1. The molecule has 176 valence electrons. The van der Waals surface area contributed by atoms with Gasteiger partial charge in [-0.3, -0.25) is 4.90 Å². The molecule has 7 heteroatoms. The molecule has 1 saturated heterocycles. The van der Waals surface area contributed by atoms with Gasteiger partial charge in [-0.2, -0.15) is 0 Å². The van der Waals surface area contributed by atoms with Crippen molar-refractivity contribution in [3.63, 3.8) is 0 Å². The molecule has 1 heterocycles. The predicted octanol–water partition coefficient (Wildman–Crippen LogP) is 5.61. The van der Waals surface area contributed by atoms with E-state index in [0.29, 0.717) is 0 Å². The second-order valence-electron chi connectivity index (χ2n) is 11.8. The fraction of sp³-hybridized carbons (Fsp3) is 0.913. The summed E-state index contributed by atoms with van der Waals surface area (Å²) in [6.07, 6.45) is 0.0138. The van der Waals surface area contributed by atoms with Crippen molar-refractivity contribution in [3.05, 3.63) is 0 Å². The summed E-state index contributed by atoms with van der Waals surface area (Å²) in [5.74, 6) is -0.357. The predicted molar refractivity (Wildman–Crippen MR) is 123 cm³/mol. The van der Waals surface area contributed by atoms with Gasteiger partial charge in [0, 0.05) is 11.8 Å². The smallest absolute Gasteiger partial charge is 0.412 e. The maximum atomic E-state index is 12.9. The molecule has 0 saturated carbocycles. The zero-order valence-electron chi connectivity index (χ0n) is 21.5. The summed E-state index contributed by atoms with van der Waals surface area (Å²) in [5, 5.41) is 0.0253. The molecule has 1 aliphatic heterocycles. The van der Waals surface area contributed by atoms with E-state index in [4.69, 9.17) is 13.9 Å². The van der Waals surface area contributed by atoms with Crippen molar-refractivity contribution in [3.8, 4) is 0 Å². The highest BCUT2D eigenvalue weighted by molar-refractivity contribution is 6.74. The first-order chi connectivity index (χ1) is 13.2. The topological polar surface area (TPSA) is 65.1 Å². The summed E-state index contributed by atoms with van der Waals surface area (Å²) in [6, 6.07) is -0.214. The monoisotopic (exact) mass is 443 g/mol. The van der Waals surface area contributed by atoms with Crippen LogP contribution in [0, 0.1) is 11.8 Å². The Morgan fingerprint density at radius 2 is 1.63 bits per heavy atom. The van der Waals surface area contributed by atoms with Gasteiger partial charge < -0.3 is 18.7 Å². The number of carbonyl (C=O) groups is 2. The van der Waals surface area contributed by atoms with Crippen LogP contribution in [0.5, 0.6) is 0 Å². The van der Waals surface area contributed by atoms with Crippen LogP contribution in [-0.4, -0.2) is 55.2 Å². The van der Waals surface area contributed by atoms with E-state index in [-0.39, 0.29) is 41.2 Å². The molecule has 30 heavy (non-hydrogen) atoms. The molecule has 6 nitrogen and oxygen atoms in total. The van der Waals surface area contributed by atoms with E-state index in [1.54, 1.807) is 4.90 Å². The Balaban J connectivity index is 3.20. The van der Waals surface area contributed by atoms with Crippen molar-refractivity contribution in [1.29, 1.82) is 0 Å². The number of nitrogens with zero attached hydrogens (tertiary/aromatic N) is 1. The zero-order chi connectivity index (χ0) is 23.9. The Hall–Kier alpha value is -0.923. The Kier molecular flexibility index (Phi) is 8.05. The molecule has 0 N–H and O–H groups in total. The highest BCUT2D eigenvalue weighted by atomic mass is 28.4. The first-order valence-electron chi connectivity index (χ1n) is 11.1. The maximum Gasteiger partial charge on any atom is 0.412 e. The Labute approximate surface area is 185 Å². The normalized spacial score (nSPS) is 25.6. The third-order valence-corrected chi connectivity index (χ3v) is 11.0. The van der Waals surface area contributed by atoms with Crippen LogP contribution in [0.3, 0.4) is 0 Å². The molecule has 0 radical (unpaired) electrons. The summed E-state index contributed by atoms with van der Waals surface area (Å²) in [6.45, 7) is 26.2. The largest absolute Gasteiger partial charge is 0.444 e. The molecule has 0 aliphatic carbocycles. The Morgan fingerprint density at radius 1 is 1.13 bits per heavy atom. The minimum Gasteiger partial charge on any atom is -0.444 e. The summed E-state index contributed by atoms with van der Waals surface area (Å²) in [5.41, 5.74) is -1.40. The summed E-state index contributed by atoms with van der Waals surface area (Å²) in [4.78, 5) is 26.3. The van der Waals surface area contributed by atoms with Crippen LogP contribution in [0.25, 0.3) is 0 Å². The van der Waals surface area contributed by atoms with Gasteiger partial charge in [0.1, 0.15) is 17.6 Å². The van der Waals surface area contributed by atoms with Gasteiger partial charge in [0.2, 0.25) is 0 Å². The molecule has 0 unspecified atom stereocenters. The first kappa shape index (κ1) is 27.1. The van der Waals surface area contributed by atoms with Crippen LogP contribution in [0.2, 0.25) is 18.1 Å².